The van der Waals surface area contributed by atoms with Gasteiger partial charge in [0, 0.05) is 5.75 Å². The lowest BCUT2D eigenvalue weighted by Gasteiger charge is -2.26. The van der Waals surface area contributed by atoms with Gasteiger partial charge >= 0.3 is 11.9 Å². The smallest absolute Gasteiger partial charge is 0.332 e. The Balaban J connectivity index is 2.84. The van der Waals surface area contributed by atoms with Crippen LogP contribution in [0.5, 0.6) is 0 Å². The number of hydrogen-bond acceptors (Lipinski definition) is 4. The molecule has 0 aromatic rings. The van der Waals surface area contributed by atoms with Gasteiger partial charge in [0.2, 0.25) is 4.75 Å². The van der Waals surface area contributed by atoms with Crippen molar-refractivity contribution in [2.24, 2.45) is 0 Å². The summed E-state index contributed by atoms with van der Waals surface area (Å²) in [5.41, 5.74) is 0. The van der Waals surface area contributed by atoms with Gasteiger partial charge in [0.15, 0.2) is 0 Å². The van der Waals surface area contributed by atoms with Gasteiger partial charge in [-0.05, 0) is 12.8 Å². The van der Waals surface area contributed by atoms with E-state index in [-0.39, 0.29) is 6.42 Å². The second kappa shape index (κ2) is 3.57. The molecule has 0 unspecified atom stereocenters. The molecule has 0 aromatic heterocycles. The zero-order chi connectivity index (χ0) is 9.19. The van der Waals surface area contributed by atoms with Crippen LogP contribution in [0.15, 0.2) is 0 Å². The highest BCUT2D eigenvalue weighted by atomic mass is 33.1. The molecule has 4 nitrogen and oxygen atoms in total. The van der Waals surface area contributed by atoms with E-state index in [1.54, 1.807) is 0 Å². The Morgan fingerprint density at radius 3 is 2.08 bits per heavy atom. The number of carbonyl (C=O) groups is 2. The van der Waals surface area contributed by atoms with Gasteiger partial charge in [-0.1, -0.05) is 21.6 Å². The van der Waals surface area contributed by atoms with E-state index in [2.05, 4.69) is 0 Å². The number of hydrogen-bond donors (Lipinski definition) is 2. The van der Waals surface area contributed by atoms with E-state index in [4.69, 9.17) is 10.2 Å². The van der Waals surface area contributed by atoms with Gasteiger partial charge in [0.25, 0.3) is 0 Å². The Morgan fingerprint density at radius 2 is 1.83 bits per heavy atom. The van der Waals surface area contributed by atoms with Crippen LogP contribution < -0.4 is 0 Å². The first-order chi connectivity index (χ1) is 5.59. The molecule has 1 fully saturated rings. The molecule has 6 heteroatoms. The summed E-state index contributed by atoms with van der Waals surface area (Å²) in [6.45, 7) is 0. The number of carboxylic acid groups (broad SMARTS) is 2. The first-order valence-corrected chi connectivity index (χ1v) is 5.69. The van der Waals surface area contributed by atoms with Gasteiger partial charge < -0.3 is 10.2 Å². The Morgan fingerprint density at radius 1 is 1.25 bits per heavy atom. The number of rotatable bonds is 2. The summed E-state index contributed by atoms with van der Waals surface area (Å²) in [7, 11) is 2.26. The Labute approximate surface area is 77.1 Å². The molecule has 0 aliphatic carbocycles. The van der Waals surface area contributed by atoms with Crippen LogP contribution in [-0.4, -0.2) is 32.7 Å². The molecular formula is C6H8O4S2. The minimum atomic E-state index is -1.61. The lowest BCUT2D eigenvalue weighted by molar-refractivity contribution is -0.151. The Kier molecular flexibility index (Phi) is 2.89. The van der Waals surface area contributed by atoms with Gasteiger partial charge in [-0.15, -0.1) is 0 Å². The van der Waals surface area contributed by atoms with Crippen molar-refractivity contribution >= 4 is 33.5 Å². The molecule has 1 aliphatic rings. The second-order valence-corrected chi connectivity index (χ2v) is 5.16. The Hall–Kier alpha value is -0.360. The summed E-state index contributed by atoms with van der Waals surface area (Å²) in [6.07, 6.45) is 0.867. The summed E-state index contributed by atoms with van der Waals surface area (Å²) in [6, 6.07) is 0. The largest absolute Gasteiger partial charge is 0.480 e. The maximum Gasteiger partial charge on any atom is 0.332 e. The monoisotopic (exact) mass is 208 g/mol. The normalized spacial score (nSPS) is 21.7. The van der Waals surface area contributed by atoms with Crippen molar-refractivity contribution in [3.8, 4) is 0 Å². The van der Waals surface area contributed by atoms with E-state index in [9.17, 15) is 9.59 Å². The standard InChI is InChI=1S/C6H8O4S2/c7-4(8)6(5(9)10)2-1-3-11-12-6/h1-3H2,(H,7,8)(H,9,10). The summed E-state index contributed by atoms with van der Waals surface area (Å²) in [5, 5.41) is 17.5. The van der Waals surface area contributed by atoms with E-state index in [1.165, 1.54) is 10.8 Å². The molecule has 12 heavy (non-hydrogen) atoms. The zero-order valence-corrected chi connectivity index (χ0v) is 7.78. The fraction of sp³-hybridized carbons (Fsp3) is 0.667. The van der Waals surface area contributed by atoms with Crippen molar-refractivity contribution in [3.05, 3.63) is 0 Å². The molecule has 1 saturated heterocycles. The van der Waals surface area contributed by atoms with Crippen molar-refractivity contribution in [2.45, 2.75) is 17.6 Å². The molecule has 1 rings (SSSR count). The van der Waals surface area contributed by atoms with Gasteiger partial charge in [0.1, 0.15) is 0 Å². The molecule has 0 radical (unpaired) electrons. The topological polar surface area (TPSA) is 74.6 Å². The van der Waals surface area contributed by atoms with Crippen LogP contribution in [0.1, 0.15) is 12.8 Å². The summed E-state index contributed by atoms with van der Waals surface area (Å²) in [5.74, 6) is -1.66. The first-order valence-electron chi connectivity index (χ1n) is 3.37. The number of aliphatic carboxylic acids is 2. The third-order valence-corrected chi connectivity index (χ3v) is 4.77. The molecule has 2 N–H and O–H groups in total. The molecule has 0 bridgehead atoms. The van der Waals surface area contributed by atoms with Crippen LogP contribution in [0.25, 0.3) is 0 Å². The zero-order valence-electron chi connectivity index (χ0n) is 6.15. The van der Waals surface area contributed by atoms with Crippen LogP contribution >= 0.6 is 21.6 Å². The molecule has 1 heterocycles. The highest BCUT2D eigenvalue weighted by Gasteiger charge is 2.48. The molecular weight excluding hydrogens is 200 g/mol. The molecule has 1 aliphatic heterocycles. The van der Waals surface area contributed by atoms with Crippen LogP contribution in [0.2, 0.25) is 0 Å². The highest BCUT2D eigenvalue weighted by Crippen LogP contribution is 2.44. The van der Waals surface area contributed by atoms with E-state index >= 15 is 0 Å². The molecule has 0 saturated carbocycles. The van der Waals surface area contributed by atoms with Crippen LogP contribution in [0.4, 0.5) is 0 Å². The molecule has 68 valence electrons. The van der Waals surface area contributed by atoms with Gasteiger partial charge in [0.05, 0.1) is 0 Å². The van der Waals surface area contributed by atoms with Crippen LogP contribution in [-0.2, 0) is 9.59 Å². The van der Waals surface area contributed by atoms with Crippen molar-refractivity contribution in [1.82, 2.24) is 0 Å². The fourth-order valence-corrected chi connectivity index (χ4v) is 3.74. The lowest BCUT2D eigenvalue weighted by Crippen LogP contribution is -2.44. The average Bonchev–Trinajstić information content (AvgIpc) is 2.05. The minimum Gasteiger partial charge on any atom is -0.480 e. The van der Waals surface area contributed by atoms with E-state index in [0.29, 0.717) is 6.42 Å². The summed E-state index contributed by atoms with van der Waals surface area (Å²) >= 11 is 0. The first kappa shape index (κ1) is 9.73. The lowest BCUT2D eigenvalue weighted by atomic mass is 10.0. The van der Waals surface area contributed by atoms with Crippen molar-refractivity contribution in [2.75, 3.05) is 5.75 Å². The van der Waals surface area contributed by atoms with E-state index < -0.39 is 16.7 Å². The van der Waals surface area contributed by atoms with Crippen LogP contribution in [0, 0.1) is 0 Å². The maximum atomic E-state index is 10.7. The minimum absolute atomic E-state index is 0.218. The van der Waals surface area contributed by atoms with Crippen LogP contribution in [0.3, 0.4) is 0 Å². The highest BCUT2D eigenvalue weighted by molar-refractivity contribution is 8.77. The molecule has 0 aromatic carbocycles. The van der Waals surface area contributed by atoms with E-state index in [1.807, 2.05) is 0 Å². The predicted octanol–water partition coefficient (Wildman–Crippen LogP) is 1.07. The quantitative estimate of drug-likeness (QED) is 0.522. The molecule has 0 spiro atoms. The number of carboxylic acids is 2. The maximum absolute atomic E-state index is 10.7. The van der Waals surface area contributed by atoms with Crippen molar-refractivity contribution < 1.29 is 19.8 Å². The van der Waals surface area contributed by atoms with Crippen molar-refractivity contribution in [1.29, 1.82) is 0 Å². The Bertz CT molecular complexity index is 194. The van der Waals surface area contributed by atoms with Crippen molar-refractivity contribution in [3.63, 3.8) is 0 Å². The second-order valence-electron chi connectivity index (χ2n) is 2.45. The molecule has 0 amide bonds. The SMILES string of the molecule is O=C(O)C1(C(=O)O)CCCSS1. The van der Waals surface area contributed by atoms with Gasteiger partial charge in [-0.25, -0.2) is 0 Å². The predicted molar refractivity (Wildman–Crippen MR) is 47.3 cm³/mol. The third kappa shape index (κ3) is 1.54. The molecule has 0 atom stereocenters. The van der Waals surface area contributed by atoms with E-state index in [0.717, 1.165) is 16.5 Å². The summed E-state index contributed by atoms with van der Waals surface area (Å²) < 4.78 is -1.61. The van der Waals surface area contributed by atoms with Gasteiger partial charge in [-0.2, -0.15) is 0 Å². The van der Waals surface area contributed by atoms with Gasteiger partial charge in [-0.3, -0.25) is 9.59 Å². The third-order valence-electron chi connectivity index (χ3n) is 1.65. The summed E-state index contributed by atoms with van der Waals surface area (Å²) in [4.78, 5) is 21.4. The average molecular weight is 208 g/mol. The fourth-order valence-electron chi connectivity index (χ4n) is 0.941.